The number of amides is 1. The number of nitrogens with zero attached hydrogens (tertiary/aromatic N) is 2. The van der Waals surface area contributed by atoms with Crippen LogP contribution in [0, 0.1) is 12.3 Å². The molecule has 0 aliphatic rings. The third-order valence-corrected chi connectivity index (χ3v) is 2.43. The molecule has 4 heteroatoms. The van der Waals surface area contributed by atoms with Gasteiger partial charge in [-0.15, -0.1) is 12.3 Å². The number of carbonyl (C=O) groups excluding carboxylic acids is 1. The highest BCUT2D eigenvalue weighted by molar-refractivity contribution is 5.80. The summed E-state index contributed by atoms with van der Waals surface area (Å²) in [5, 5.41) is 2.76. The average Bonchev–Trinajstić information content (AvgIpc) is 2.73. The predicted molar refractivity (Wildman–Crippen MR) is 66.2 cm³/mol. The molecule has 0 unspecified atom stereocenters. The summed E-state index contributed by atoms with van der Waals surface area (Å²) in [7, 11) is 0. The maximum absolute atomic E-state index is 11.6. The number of hydrogen-bond donors (Lipinski definition) is 1. The number of aromatic nitrogens is 2. The molecule has 4 nitrogen and oxygen atoms in total. The first-order valence-electron chi connectivity index (χ1n) is 5.41. The third-order valence-electron chi connectivity index (χ3n) is 2.43. The van der Waals surface area contributed by atoms with Gasteiger partial charge in [0.25, 0.3) is 0 Å². The largest absolute Gasteiger partial charge is 0.354 e. The molecular weight excluding hydrogens is 214 g/mol. The average molecular weight is 227 g/mol. The van der Waals surface area contributed by atoms with Crippen molar-refractivity contribution in [3.8, 4) is 12.3 Å². The third kappa shape index (κ3) is 2.64. The summed E-state index contributed by atoms with van der Waals surface area (Å²) in [5.41, 5.74) is 1.85. The monoisotopic (exact) mass is 227 g/mol. The van der Waals surface area contributed by atoms with Crippen molar-refractivity contribution in [1.29, 1.82) is 0 Å². The topological polar surface area (TPSA) is 46.9 Å². The van der Waals surface area contributed by atoms with Gasteiger partial charge in [-0.25, -0.2) is 4.98 Å². The fraction of sp³-hybridized carbons (Fsp3) is 0.231. The second-order valence-electron chi connectivity index (χ2n) is 3.67. The van der Waals surface area contributed by atoms with Gasteiger partial charge in [0.05, 0.1) is 17.4 Å². The van der Waals surface area contributed by atoms with Crippen molar-refractivity contribution in [2.75, 3.05) is 6.54 Å². The van der Waals surface area contributed by atoms with Crippen molar-refractivity contribution in [3.63, 3.8) is 0 Å². The van der Waals surface area contributed by atoms with Gasteiger partial charge in [0.15, 0.2) is 0 Å². The molecule has 17 heavy (non-hydrogen) atoms. The summed E-state index contributed by atoms with van der Waals surface area (Å²) in [4.78, 5) is 15.8. The molecule has 2 rings (SSSR count). The lowest BCUT2D eigenvalue weighted by atomic mass is 10.3. The number of benzene rings is 1. The summed E-state index contributed by atoms with van der Waals surface area (Å²) < 4.78 is 1.82. The summed E-state index contributed by atoms with van der Waals surface area (Å²) in [6, 6.07) is 7.71. The van der Waals surface area contributed by atoms with E-state index in [1.807, 2.05) is 28.8 Å². The van der Waals surface area contributed by atoms with Crippen molar-refractivity contribution in [2.24, 2.45) is 0 Å². The summed E-state index contributed by atoms with van der Waals surface area (Å²) in [5.74, 6) is 2.43. The van der Waals surface area contributed by atoms with Crippen molar-refractivity contribution in [1.82, 2.24) is 14.9 Å². The molecule has 0 fully saturated rings. The number of hydrogen-bond acceptors (Lipinski definition) is 2. The quantitative estimate of drug-likeness (QED) is 0.629. The summed E-state index contributed by atoms with van der Waals surface area (Å²) >= 11 is 0. The number of para-hydroxylation sites is 2. The van der Waals surface area contributed by atoms with E-state index in [0.29, 0.717) is 13.0 Å². The standard InChI is InChI=1S/C13H13N3O/c1-2-3-8-14-13(17)9-16-10-15-11-6-4-5-7-12(11)16/h1,4-7,10H,3,8-9H2,(H,14,17). The van der Waals surface area contributed by atoms with Crippen molar-refractivity contribution >= 4 is 16.9 Å². The highest BCUT2D eigenvalue weighted by Gasteiger charge is 2.05. The first kappa shape index (κ1) is 11.2. The number of rotatable bonds is 4. The Balaban J connectivity index is 2.04. The Morgan fingerprint density at radius 2 is 2.29 bits per heavy atom. The van der Waals surface area contributed by atoms with E-state index in [4.69, 9.17) is 6.42 Å². The van der Waals surface area contributed by atoms with Gasteiger partial charge in [0.1, 0.15) is 6.54 Å². The van der Waals surface area contributed by atoms with E-state index in [0.717, 1.165) is 11.0 Å². The summed E-state index contributed by atoms with van der Waals surface area (Å²) in [6.45, 7) is 0.785. The lowest BCUT2D eigenvalue weighted by molar-refractivity contribution is -0.121. The minimum Gasteiger partial charge on any atom is -0.354 e. The Kier molecular flexibility index (Phi) is 3.41. The Morgan fingerprint density at radius 1 is 1.47 bits per heavy atom. The number of terminal acetylenes is 1. The predicted octanol–water partition coefficient (Wildman–Crippen LogP) is 1.18. The number of imidazole rings is 1. The molecule has 0 spiro atoms. The lowest BCUT2D eigenvalue weighted by Crippen LogP contribution is -2.28. The minimum atomic E-state index is -0.0524. The molecule has 0 saturated carbocycles. The van der Waals surface area contributed by atoms with Crippen LogP contribution in [0.5, 0.6) is 0 Å². The zero-order valence-electron chi connectivity index (χ0n) is 9.39. The van der Waals surface area contributed by atoms with E-state index in [-0.39, 0.29) is 12.5 Å². The van der Waals surface area contributed by atoms with Crippen LogP contribution >= 0.6 is 0 Å². The Hall–Kier alpha value is -2.28. The van der Waals surface area contributed by atoms with Crippen molar-refractivity contribution in [3.05, 3.63) is 30.6 Å². The van der Waals surface area contributed by atoms with Gasteiger partial charge >= 0.3 is 0 Å². The minimum absolute atomic E-state index is 0.0524. The van der Waals surface area contributed by atoms with Gasteiger partial charge in [-0.2, -0.15) is 0 Å². The van der Waals surface area contributed by atoms with Gasteiger partial charge in [0.2, 0.25) is 5.91 Å². The fourth-order valence-corrected chi connectivity index (χ4v) is 1.62. The Labute approximate surface area is 99.7 Å². The highest BCUT2D eigenvalue weighted by atomic mass is 16.1. The van der Waals surface area contributed by atoms with Crippen LogP contribution in [0.2, 0.25) is 0 Å². The van der Waals surface area contributed by atoms with Crippen LogP contribution in [0.25, 0.3) is 11.0 Å². The van der Waals surface area contributed by atoms with Crippen LogP contribution in [-0.2, 0) is 11.3 Å². The molecule has 1 aromatic heterocycles. The first-order valence-corrected chi connectivity index (χ1v) is 5.41. The van der Waals surface area contributed by atoms with Gasteiger partial charge in [-0.1, -0.05) is 12.1 Å². The molecule has 1 heterocycles. The molecule has 0 atom stereocenters. The van der Waals surface area contributed by atoms with Crippen LogP contribution in [0.1, 0.15) is 6.42 Å². The molecule has 0 bridgehead atoms. The van der Waals surface area contributed by atoms with Gasteiger partial charge in [-0.05, 0) is 12.1 Å². The SMILES string of the molecule is C#CCCNC(=O)Cn1cnc2ccccc21. The normalized spacial score (nSPS) is 10.1. The van der Waals surface area contributed by atoms with E-state index in [1.54, 1.807) is 6.33 Å². The first-order chi connectivity index (χ1) is 8.31. The van der Waals surface area contributed by atoms with Crippen molar-refractivity contribution < 1.29 is 4.79 Å². The molecule has 0 saturated heterocycles. The number of fused-ring (bicyclic) bond motifs is 1. The van der Waals surface area contributed by atoms with E-state index in [1.165, 1.54) is 0 Å². The zero-order valence-corrected chi connectivity index (χ0v) is 9.39. The van der Waals surface area contributed by atoms with Crippen LogP contribution in [0.15, 0.2) is 30.6 Å². The molecule has 86 valence electrons. The zero-order chi connectivity index (χ0) is 12.1. The summed E-state index contributed by atoms with van der Waals surface area (Å²) in [6.07, 6.45) is 7.33. The number of carbonyl (C=O) groups is 1. The van der Waals surface area contributed by atoms with Gasteiger partial charge < -0.3 is 9.88 Å². The molecule has 0 aliphatic heterocycles. The lowest BCUT2D eigenvalue weighted by Gasteiger charge is -2.04. The van der Waals surface area contributed by atoms with E-state index in [9.17, 15) is 4.79 Å². The smallest absolute Gasteiger partial charge is 0.240 e. The van der Waals surface area contributed by atoms with Gasteiger partial charge in [0, 0.05) is 13.0 Å². The van der Waals surface area contributed by atoms with Crippen LogP contribution in [0.4, 0.5) is 0 Å². The Bertz CT molecular complexity index is 565. The Morgan fingerprint density at radius 3 is 3.12 bits per heavy atom. The number of nitrogens with one attached hydrogen (secondary N) is 1. The molecule has 2 aromatic rings. The second-order valence-corrected chi connectivity index (χ2v) is 3.67. The molecule has 0 radical (unpaired) electrons. The molecule has 1 amide bonds. The van der Waals surface area contributed by atoms with E-state index < -0.39 is 0 Å². The van der Waals surface area contributed by atoms with Crippen molar-refractivity contribution in [2.45, 2.75) is 13.0 Å². The molecular formula is C13H13N3O. The molecule has 1 N–H and O–H groups in total. The molecule has 0 aliphatic carbocycles. The fourth-order valence-electron chi connectivity index (χ4n) is 1.62. The maximum Gasteiger partial charge on any atom is 0.240 e. The molecule has 1 aromatic carbocycles. The van der Waals surface area contributed by atoms with E-state index in [2.05, 4.69) is 16.2 Å². The van der Waals surface area contributed by atoms with Crippen LogP contribution in [-0.4, -0.2) is 22.0 Å². The highest BCUT2D eigenvalue weighted by Crippen LogP contribution is 2.11. The van der Waals surface area contributed by atoms with Gasteiger partial charge in [-0.3, -0.25) is 4.79 Å². The van der Waals surface area contributed by atoms with Crippen LogP contribution in [0.3, 0.4) is 0 Å². The van der Waals surface area contributed by atoms with Crippen LogP contribution < -0.4 is 5.32 Å². The second kappa shape index (κ2) is 5.17. The van der Waals surface area contributed by atoms with E-state index >= 15 is 0 Å². The maximum atomic E-state index is 11.6.